The van der Waals surface area contributed by atoms with E-state index >= 15 is 0 Å². The Morgan fingerprint density at radius 1 is 0.917 bits per heavy atom. The lowest BCUT2D eigenvalue weighted by atomic mass is 9.98. The van der Waals surface area contributed by atoms with E-state index in [4.69, 9.17) is 0 Å². The number of nitrogens with zero attached hydrogens (tertiary/aromatic N) is 2. The van der Waals surface area contributed by atoms with Gasteiger partial charge in [-0.3, -0.25) is 4.90 Å². The molecule has 2 heterocycles. The summed E-state index contributed by atoms with van der Waals surface area (Å²) in [5, 5.41) is -0.118. The van der Waals surface area contributed by atoms with Gasteiger partial charge in [0.05, 0.1) is 5.25 Å². The molecular weight excluding hydrogens is 320 g/mol. The summed E-state index contributed by atoms with van der Waals surface area (Å²) >= 11 is 0. The number of benzene rings is 1. The van der Waals surface area contributed by atoms with E-state index in [0.29, 0.717) is 19.1 Å². The van der Waals surface area contributed by atoms with Crippen LogP contribution in [0.1, 0.15) is 49.7 Å². The summed E-state index contributed by atoms with van der Waals surface area (Å²) in [5.74, 6) is 0. The van der Waals surface area contributed by atoms with Gasteiger partial charge in [-0.1, -0.05) is 43.5 Å². The second-order valence-corrected chi connectivity index (χ2v) is 9.81. The lowest BCUT2D eigenvalue weighted by Gasteiger charge is -2.34. The maximum Gasteiger partial charge on any atom is 0.217 e. The fourth-order valence-corrected chi connectivity index (χ4v) is 6.73. The Kier molecular flexibility index (Phi) is 4.67. The molecule has 1 saturated carbocycles. The largest absolute Gasteiger partial charge is 0.294 e. The van der Waals surface area contributed by atoms with Gasteiger partial charge in [0.1, 0.15) is 0 Å². The van der Waals surface area contributed by atoms with E-state index in [1.807, 2.05) is 0 Å². The highest BCUT2D eigenvalue weighted by Crippen LogP contribution is 2.30. The molecule has 1 atom stereocenters. The molecule has 1 aliphatic carbocycles. The molecule has 24 heavy (non-hydrogen) atoms. The molecular formula is C19H28N2O2S. The van der Waals surface area contributed by atoms with Crippen molar-refractivity contribution < 1.29 is 8.42 Å². The van der Waals surface area contributed by atoms with E-state index in [2.05, 4.69) is 29.2 Å². The summed E-state index contributed by atoms with van der Waals surface area (Å²) in [6.07, 6.45) is 7.13. The highest BCUT2D eigenvalue weighted by atomic mass is 32.2. The molecule has 0 bridgehead atoms. The predicted octanol–water partition coefficient (Wildman–Crippen LogP) is 2.78. The van der Waals surface area contributed by atoms with Gasteiger partial charge >= 0.3 is 0 Å². The van der Waals surface area contributed by atoms with Crippen molar-refractivity contribution in [2.75, 3.05) is 19.6 Å². The summed E-state index contributed by atoms with van der Waals surface area (Å²) in [6.45, 7) is 3.43. The topological polar surface area (TPSA) is 40.6 Å². The normalized spacial score (nSPS) is 27.2. The first-order valence-corrected chi connectivity index (χ1v) is 10.9. The zero-order chi connectivity index (χ0) is 16.6. The van der Waals surface area contributed by atoms with Crippen molar-refractivity contribution in [1.82, 2.24) is 9.21 Å². The second kappa shape index (κ2) is 6.77. The van der Waals surface area contributed by atoms with Gasteiger partial charge in [0.25, 0.3) is 0 Å². The van der Waals surface area contributed by atoms with Gasteiger partial charge < -0.3 is 0 Å². The maximum atomic E-state index is 12.9. The summed E-state index contributed by atoms with van der Waals surface area (Å²) in [5.41, 5.74) is 2.87. The third kappa shape index (κ3) is 3.14. The number of hydrogen-bond donors (Lipinski definition) is 0. The summed E-state index contributed by atoms with van der Waals surface area (Å²) in [4.78, 5) is 2.50. The third-order valence-electron chi connectivity index (χ3n) is 6.14. The molecule has 4 rings (SSSR count). The average molecular weight is 349 g/mol. The van der Waals surface area contributed by atoms with E-state index in [9.17, 15) is 8.42 Å². The maximum absolute atomic E-state index is 12.9. The van der Waals surface area contributed by atoms with E-state index in [-0.39, 0.29) is 5.25 Å². The minimum atomic E-state index is -3.09. The van der Waals surface area contributed by atoms with Gasteiger partial charge in [-0.15, -0.1) is 0 Å². The zero-order valence-corrected chi connectivity index (χ0v) is 15.2. The van der Waals surface area contributed by atoms with Gasteiger partial charge in [0.15, 0.2) is 0 Å². The summed E-state index contributed by atoms with van der Waals surface area (Å²) in [7, 11) is -3.09. The first-order chi connectivity index (χ1) is 11.6. The van der Waals surface area contributed by atoms with Crippen molar-refractivity contribution in [2.24, 2.45) is 0 Å². The Bertz CT molecular complexity index is 682. The second-order valence-electron chi connectivity index (χ2n) is 7.59. The lowest BCUT2D eigenvalue weighted by Crippen LogP contribution is -2.43. The SMILES string of the molecule is O=S(=O)(C1CCCCC1)N1CCC(N2CCc3ccccc3C2)C1. The van der Waals surface area contributed by atoms with Crippen molar-refractivity contribution in [2.45, 2.75) is 62.8 Å². The van der Waals surface area contributed by atoms with E-state index in [1.54, 1.807) is 4.31 Å². The summed E-state index contributed by atoms with van der Waals surface area (Å²) in [6, 6.07) is 9.05. The fraction of sp³-hybridized carbons (Fsp3) is 0.684. The molecule has 1 aromatic carbocycles. The minimum absolute atomic E-state index is 0.118. The number of fused-ring (bicyclic) bond motifs is 1. The van der Waals surface area contributed by atoms with E-state index < -0.39 is 10.0 Å². The highest BCUT2D eigenvalue weighted by molar-refractivity contribution is 7.89. The molecule has 132 valence electrons. The molecule has 0 spiro atoms. The zero-order valence-electron chi connectivity index (χ0n) is 14.4. The third-order valence-corrected chi connectivity index (χ3v) is 8.50. The van der Waals surface area contributed by atoms with Crippen LogP contribution in [0.3, 0.4) is 0 Å². The molecule has 1 aromatic rings. The van der Waals surface area contributed by atoms with E-state index in [0.717, 1.165) is 51.6 Å². The van der Waals surface area contributed by atoms with Crippen LogP contribution >= 0.6 is 0 Å². The van der Waals surface area contributed by atoms with Gasteiger partial charge in [0.2, 0.25) is 10.0 Å². The van der Waals surface area contributed by atoms with Crippen molar-refractivity contribution in [3.05, 3.63) is 35.4 Å². The highest BCUT2D eigenvalue weighted by Gasteiger charge is 2.39. The predicted molar refractivity (Wildman–Crippen MR) is 96.3 cm³/mol. The lowest BCUT2D eigenvalue weighted by molar-refractivity contribution is 0.185. The molecule has 0 radical (unpaired) electrons. The molecule has 0 aromatic heterocycles. The standard InChI is InChI=1S/C19H28N2O2S/c22-24(23,19-8-2-1-3-9-19)21-13-11-18(15-21)20-12-10-16-6-4-5-7-17(16)14-20/h4-7,18-19H,1-3,8-15H2. The van der Waals surface area contributed by atoms with Crippen molar-refractivity contribution in [1.29, 1.82) is 0 Å². The van der Waals surface area contributed by atoms with Crippen LogP contribution in [0, 0.1) is 0 Å². The quantitative estimate of drug-likeness (QED) is 0.843. The molecule has 2 fully saturated rings. The van der Waals surface area contributed by atoms with Gasteiger partial charge in [-0.2, -0.15) is 0 Å². The Balaban J connectivity index is 1.42. The smallest absolute Gasteiger partial charge is 0.217 e. The number of sulfonamides is 1. The first-order valence-electron chi connectivity index (χ1n) is 9.44. The minimum Gasteiger partial charge on any atom is -0.294 e. The van der Waals surface area contributed by atoms with E-state index in [1.165, 1.54) is 17.5 Å². The van der Waals surface area contributed by atoms with Crippen molar-refractivity contribution >= 4 is 10.0 Å². The molecule has 0 amide bonds. The summed E-state index contributed by atoms with van der Waals surface area (Å²) < 4.78 is 27.6. The Labute approximate surface area is 145 Å². The Hall–Kier alpha value is -0.910. The van der Waals surface area contributed by atoms with Gasteiger partial charge in [-0.05, 0) is 36.8 Å². The molecule has 4 nitrogen and oxygen atoms in total. The number of hydrogen-bond acceptors (Lipinski definition) is 3. The van der Waals surface area contributed by atoms with Crippen LogP contribution in [-0.2, 0) is 23.0 Å². The molecule has 1 unspecified atom stereocenters. The Morgan fingerprint density at radius 2 is 1.67 bits per heavy atom. The molecule has 3 aliphatic rings. The van der Waals surface area contributed by atoms with Crippen LogP contribution < -0.4 is 0 Å². The number of rotatable bonds is 3. The van der Waals surface area contributed by atoms with Crippen LogP contribution in [0.25, 0.3) is 0 Å². The Morgan fingerprint density at radius 3 is 2.46 bits per heavy atom. The molecule has 0 N–H and O–H groups in total. The van der Waals surface area contributed by atoms with Crippen LogP contribution in [0.4, 0.5) is 0 Å². The average Bonchev–Trinajstić information content (AvgIpc) is 3.13. The van der Waals surface area contributed by atoms with Crippen LogP contribution in [0.2, 0.25) is 0 Å². The van der Waals surface area contributed by atoms with Gasteiger partial charge in [0, 0.05) is 32.2 Å². The molecule has 1 saturated heterocycles. The first kappa shape index (κ1) is 16.6. The fourth-order valence-electron chi connectivity index (χ4n) is 4.64. The van der Waals surface area contributed by atoms with Crippen LogP contribution in [0.5, 0.6) is 0 Å². The monoisotopic (exact) mass is 348 g/mol. The molecule has 2 aliphatic heterocycles. The molecule has 5 heteroatoms. The van der Waals surface area contributed by atoms with Crippen LogP contribution in [0.15, 0.2) is 24.3 Å². The van der Waals surface area contributed by atoms with Gasteiger partial charge in [-0.25, -0.2) is 12.7 Å². The van der Waals surface area contributed by atoms with Crippen molar-refractivity contribution in [3.63, 3.8) is 0 Å². The van der Waals surface area contributed by atoms with Crippen molar-refractivity contribution in [3.8, 4) is 0 Å². The van der Waals surface area contributed by atoms with Crippen LogP contribution in [-0.4, -0.2) is 48.5 Å².